The van der Waals surface area contributed by atoms with E-state index >= 15 is 0 Å². The average Bonchev–Trinajstić information content (AvgIpc) is 2.97. The van der Waals surface area contributed by atoms with E-state index in [1.165, 1.54) is 36.4 Å². The maximum Gasteiger partial charge on any atom is 0.219 e. The van der Waals surface area contributed by atoms with E-state index in [1.54, 1.807) is 30.5 Å². The van der Waals surface area contributed by atoms with Crippen molar-refractivity contribution in [2.75, 3.05) is 38.2 Å². The second kappa shape index (κ2) is 14.6. The SMILES string of the molecule is C=NC(N)=N/C=C(/F)CN1CCOCC1.N=Cc1ccc(Nc2cccc(S(=O)(=O)c3cccc(O)c3)c2)cn1. The van der Waals surface area contributed by atoms with Gasteiger partial charge >= 0.3 is 0 Å². The standard InChI is InChI=1S/C18H15N3O3S.C9H15FN4O/c19-11-14-7-8-15(12-20-14)21-13-3-1-5-17(9-13)25(23,24)18-6-2-4-16(22)10-18;1-12-9(11)13-6-8(10)7-14-2-4-15-5-3-14/h1-12,19,21-22H;6H,1-5,7H2,(H2,11,13)/b;8-6+. The second-order valence-electron chi connectivity index (χ2n) is 8.38. The molecule has 4 rings (SSSR count). The number of morpholine rings is 1. The number of aromatic nitrogens is 1. The number of hydrogen-bond donors (Lipinski definition) is 4. The molecule has 0 unspecified atom stereocenters. The van der Waals surface area contributed by atoms with E-state index in [4.69, 9.17) is 15.9 Å². The highest BCUT2D eigenvalue weighted by molar-refractivity contribution is 7.91. The molecule has 0 saturated carbocycles. The summed E-state index contributed by atoms with van der Waals surface area (Å²) in [6, 6.07) is 15.4. The molecule has 1 aliphatic rings. The summed E-state index contributed by atoms with van der Waals surface area (Å²) < 4.78 is 43.8. The van der Waals surface area contributed by atoms with Crippen molar-refractivity contribution in [2.24, 2.45) is 15.7 Å². The first kappa shape index (κ1) is 30.1. The van der Waals surface area contributed by atoms with Crippen LogP contribution in [0.3, 0.4) is 0 Å². The zero-order valence-corrected chi connectivity index (χ0v) is 22.4. The fraction of sp³-hybridized carbons (Fsp3) is 0.185. The van der Waals surface area contributed by atoms with Crippen LogP contribution < -0.4 is 11.1 Å². The number of anilines is 2. The predicted octanol–water partition coefficient (Wildman–Crippen LogP) is 3.51. The molecule has 40 heavy (non-hydrogen) atoms. The van der Waals surface area contributed by atoms with Crippen LogP contribution in [-0.2, 0) is 14.6 Å². The van der Waals surface area contributed by atoms with Crippen LogP contribution in [-0.4, -0.2) is 75.1 Å². The van der Waals surface area contributed by atoms with Gasteiger partial charge in [-0.3, -0.25) is 9.88 Å². The summed E-state index contributed by atoms with van der Waals surface area (Å²) in [5, 5.41) is 19.7. The Morgan fingerprint density at radius 3 is 2.48 bits per heavy atom. The van der Waals surface area contributed by atoms with Gasteiger partial charge in [0.05, 0.1) is 53.3 Å². The number of halogens is 1. The number of nitrogens with one attached hydrogen (secondary N) is 2. The van der Waals surface area contributed by atoms with Crippen LogP contribution in [0.1, 0.15) is 5.69 Å². The number of guanidine groups is 1. The van der Waals surface area contributed by atoms with Crippen molar-refractivity contribution in [3.05, 3.63) is 84.6 Å². The number of aliphatic imine (C=N–C) groups is 2. The second-order valence-corrected chi connectivity index (χ2v) is 10.3. The van der Waals surface area contributed by atoms with Crippen LogP contribution in [0.4, 0.5) is 15.8 Å². The number of ether oxygens (including phenoxy) is 1. The lowest BCUT2D eigenvalue weighted by Crippen LogP contribution is -2.37. The molecular formula is C27H30FN7O4S. The number of phenols is 1. The van der Waals surface area contributed by atoms with E-state index in [0.29, 0.717) is 30.3 Å². The minimum Gasteiger partial charge on any atom is -0.508 e. The molecule has 210 valence electrons. The van der Waals surface area contributed by atoms with Gasteiger partial charge in [0.1, 0.15) is 11.6 Å². The summed E-state index contributed by atoms with van der Waals surface area (Å²) in [5.74, 6) is -0.483. The number of sulfone groups is 1. The minimum absolute atomic E-state index is 0.0293. The maximum absolute atomic E-state index is 13.2. The van der Waals surface area contributed by atoms with Crippen LogP contribution in [0, 0.1) is 5.41 Å². The van der Waals surface area contributed by atoms with E-state index in [-0.39, 0.29) is 33.9 Å². The highest BCUT2D eigenvalue weighted by Gasteiger charge is 2.18. The van der Waals surface area contributed by atoms with Crippen molar-refractivity contribution in [2.45, 2.75) is 9.79 Å². The molecule has 0 spiro atoms. The molecule has 5 N–H and O–H groups in total. The first-order valence-corrected chi connectivity index (χ1v) is 13.5. The molecule has 13 heteroatoms. The number of nitrogens with zero attached hydrogens (tertiary/aromatic N) is 4. The Morgan fingerprint density at radius 2 is 1.85 bits per heavy atom. The van der Waals surface area contributed by atoms with Gasteiger partial charge in [0.15, 0.2) is 0 Å². The van der Waals surface area contributed by atoms with Crippen molar-refractivity contribution in [1.29, 1.82) is 5.41 Å². The molecule has 1 saturated heterocycles. The summed E-state index contributed by atoms with van der Waals surface area (Å²) in [5.41, 5.74) is 7.03. The zero-order chi connectivity index (χ0) is 29.0. The number of aromatic hydroxyl groups is 1. The highest BCUT2D eigenvalue weighted by atomic mass is 32.2. The maximum atomic E-state index is 13.2. The van der Waals surface area contributed by atoms with Crippen LogP contribution in [0.25, 0.3) is 0 Å². The quantitative estimate of drug-likeness (QED) is 0.237. The number of pyridine rings is 1. The third kappa shape index (κ3) is 9.08. The van der Waals surface area contributed by atoms with E-state index < -0.39 is 9.84 Å². The fourth-order valence-corrected chi connectivity index (χ4v) is 4.80. The third-order valence-electron chi connectivity index (χ3n) is 5.47. The Bertz CT molecular complexity index is 1470. The first-order chi connectivity index (χ1) is 19.2. The van der Waals surface area contributed by atoms with Crippen molar-refractivity contribution < 1.29 is 22.7 Å². The molecule has 0 radical (unpaired) electrons. The van der Waals surface area contributed by atoms with Crippen molar-refractivity contribution in [3.63, 3.8) is 0 Å². The molecule has 0 amide bonds. The molecule has 3 aromatic rings. The van der Waals surface area contributed by atoms with Gasteiger partial charge in [0.25, 0.3) is 0 Å². The largest absolute Gasteiger partial charge is 0.508 e. The molecule has 1 aliphatic heterocycles. The molecule has 1 aromatic heterocycles. The summed E-state index contributed by atoms with van der Waals surface area (Å²) in [4.78, 5) is 13.1. The van der Waals surface area contributed by atoms with Gasteiger partial charge in [0.2, 0.25) is 15.8 Å². The molecule has 1 fully saturated rings. The first-order valence-electron chi connectivity index (χ1n) is 12.0. The lowest BCUT2D eigenvalue weighted by molar-refractivity contribution is 0.0400. The van der Waals surface area contributed by atoms with Crippen LogP contribution in [0.15, 0.2) is 98.7 Å². The van der Waals surface area contributed by atoms with Crippen molar-refractivity contribution in [3.8, 4) is 5.75 Å². The Morgan fingerprint density at radius 1 is 1.15 bits per heavy atom. The minimum atomic E-state index is -3.73. The highest BCUT2D eigenvalue weighted by Crippen LogP contribution is 2.26. The number of hydrogen-bond acceptors (Lipinski definition) is 9. The van der Waals surface area contributed by atoms with Crippen LogP contribution in [0.2, 0.25) is 0 Å². The predicted molar refractivity (Wildman–Crippen MR) is 153 cm³/mol. The Labute approximate surface area is 232 Å². The number of rotatable bonds is 8. The Kier molecular flexibility index (Phi) is 11.0. The van der Waals surface area contributed by atoms with Gasteiger partial charge in [-0.1, -0.05) is 12.1 Å². The number of benzene rings is 2. The van der Waals surface area contributed by atoms with Gasteiger partial charge in [-0.2, -0.15) is 0 Å². The summed E-state index contributed by atoms with van der Waals surface area (Å²) >= 11 is 0. The molecule has 2 heterocycles. The average molecular weight is 568 g/mol. The molecular weight excluding hydrogens is 537 g/mol. The van der Waals surface area contributed by atoms with Gasteiger partial charge < -0.3 is 26.3 Å². The number of nitrogens with two attached hydrogens (primary N) is 1. The summed E-state index contributed by atoms with van der Waals surface area (Å²) in [6.07, 6.45) is 3.78. The van der Waals surface area contributed by atoms with E-state index in [9.17, 15) is 17.9 Å². The third-order valence-corrected chi connectivity index (χ3v) is 7.22. The van der Waals surface area contributed by atoms with Gasteiger partial charge in [0, 0.05) is 25.0 Å². The van der Waals surface area contributed by atoms with Gasteiger partial charge in [-0.25, -0.2) is 22.8 Å². The van der Waals surface area contributed by atoms with Gasteiger partial charge in [-0.15, -0.1) is 0 Å². The smallest absolute Gasteiger partial charge is 0.219 e. The summed E-state index contributed by atoms with van der Waals surface area (Å²) in [6.45, 7) is 6.17. The lowest BCUT2D eigenvalue weighted by Gasteiger charge is -2.25. The number of phenolic OH excluding ortho intramolecular Hbond substituents is 1. The monoisotopic (exact) mass is 567 g/mol. The molecule has 0 aliphatic carbocycles. The lowest BCUT2D eigenvalue weighted by atomic mass is 10.3. The summed E-state index contributed by atoms with van der Waals surface area (Å²) in [7, 11) is -3.73. The normalized spacial score (nSPS) is 14.5. The van der Waals surface area contributed by atoms with Crippen molar-refractivity contribution in [1.82, 2.24) is 9.88 Å². The topological polar surface area (TPSA) is 166 Å². The van der Waals surface area contributed by atoms with E-state index in [1.807, 2.05) is 4.90 Å². The van der Waals surface area contributed by atoms with Gasteiger partial charge in [-0.05, 0) is 55.2 Å². The van der Waals surface area contributed by atoms with Crippen molar-refractivity contribution >= 4 is 40.1 Å². The Balaban J connectivity index is 0.000000252. The van der Waals surface area contributed by atoms with E-state index in [2.05, 4.69) is 27.0 Å². The van der Waals surface area contributed by atoms with Crippen LogP contribution >= 0.6 is 0 Å². The molecule has 0 atom stereocenters. The molecule has 11 nitrogen and oxygen atoms in total. The van der Waals surface area contributed by atoms with Crippen LogP contribution in [0.5, 0.6) is 5.75 Å². The zero-order valence-electron chi connectivity index (χ0n) is 21.6. The fourth-order valence-electron chi connectivity index (χ4n) is 3.45. The molecule has 2 aromatic carbocycles. The van der Waals surface area contributed by atoms with E-state index in [0.717, 1.165) is 25.5 Å². The molecule has 0 bridgehead atoms. The Hall–Kier alpha value is -4.46.